The zero-order chi connectivity index (χ0) is 14.8. The third-order valence-corrected chi connectivity index (χ3v) is 2.75. The van der Waals surface area contributed by atoms with E-state index in [1.807, 2.05) is 0 Å². The highest BCUT2D eigenvalue weighted by Crippen LogP contribution is 2.34. The molecule has 0 amide bonds. The monoisotopic (exact) mass is 282 g/mol. The van der Waals surface area contributed by atoms with Crippen LogP contribution in [0.25, 0.3) is 0 Å². The summed E-state index contributed by atoms with van der Waals surface area (Å²) in [5, 5.41) is 0. The molecule has 0 saturated carbocycles. The molecule has 1 aromatic heterocycles. The summed E-state index contributed by atoms with van der Waals surface area (Å²) in [4.78, 5) is 4.12. The molecule has 0 aliphatic rings. The lowest BCUT2D eigenvalue weighted by Crippen LogP contribution is -2.09. The molecule has 1 atom stereocenters. The molecule has 0 saturated heterocycles. The van der Waals surface area contributed by atoms with Crippen LogP contribution in [0.1, 0.15) is 24.3 Å². The molecule has 0 aliphatic carbocycles. The van der Waals surface area contributed by atoms with E-state index in [1.54, 1.807) is 31.3 Å². The molecule has 2 aromatic rings. The van der Waals surface area contributed by atoms with Crippen molar-refractivity contribution in [1.29, 1.82) is 0 Å². The van der Waals surface area contributed by atoms with Crippen LogP contribution in [0.4, 0.5) is 18.9 Å². The maximum absolute atomic E-state index is 12.5. The van der Waals surface area contributed by atoms with E-state index in [4.69, 9.17) is 10.5 Å². The number of nitrogen functional groups attached to an aromatic ring is 1. The lowest BCUT2D eigenvalue weighted by Gasteiger charge is -2.16. The fourth-order valence-corrected chi connectivity index (χ4v) is 1.70. The third kappa shape index (κ3) is 3.20. The quantitative estimate of drug-likeness (QED) is 0.870. The molecule has 0 fully saturated rings. The van der Waals surface area contributed by atoms with Crippen molar-refractivity contribution in [2.24, 2.45) is 0 Å². The molecule has 6 heteroatoms. The van der Waals surface area contributed by atoms with Gasteiger partial charge in [0.25, 0.3) is 0 Å². The van der Waals surface area contributed by atoms with Gasteiger partial charge in [-0.2, -0.15) is 13.2 Å². The van der Waals surface area contributed by atoms with E-state index >= 15 is 0 Å². The summed E-state index contributed by atoms with van der Waals surface area (Å²) in [6.07, 6.45) is -3.21. The van der Waals surface area contributed by atoms with Gasteiger partial charge in [-0.25, -0.2) is 0 Å². The number of hydrogen-bond donors (Lipinski definition) is 1. The first kappa shape index (κ1) is 14.2. The summed E-state index contributed by atoms with van der Waals surface area (Å²) in [5.41, 5.74) is 5.42. The molecule has 1 unspecified atom stereocenters. The molecule has 0 radical (unpaired) electrons. The first-order valence-corrected chi connectivity index (χ1v) is 5.92. The number of aromatic nitrogens is 1. The third-order valence-electron chi connectivity index (χ3n) is 2.75. The molecule has 1 heterocycles. The molecule has 106 valence electrons. The van der Waals surface area contributed by atoms with Gasteiger partial charge in [-0.3, -0.25) is 4.98 Å². The van der Waals surface area contributed by atoms with Gasteiger partial charge in [0.15, 0.2) is 0 Å². The highest BCUT2D eigenvalue weighted by atomic mass is 19.4. The fourth-order valence-electron chi connectivity index (χ4n) is 1.70. The van der Waals surface area contributed by atoms with Gasteiger partial charge in [-0.05, 0) is 37.3 Å². The van der Waals surface area contributed by atoms with Crippen molar-refractivity contribution in [3.05, 3.63) is 53.9 Å². The van der Waals surface area contributed by atoms with Crippen LogP contribution in [0.5, 0.6) is 5.75 Å². The number of ether oxygens (including phenoxy) is 1. The number of anilines is 1. The molecule has 0 spiro atoms. The minimum atomic E-state index is -4.42. The summed E-state index contributed by atoms with van der Waals surface area (Å²) < 4.78 is 43.1. The second-order valence-electron chi connectivity index (χ2n) is 4.27. The topological polar surface area (TPSA) is 48.1 Å². The number of hydrogen-bond acceptors (Lipinski definition) is 3. The highest BCUT2D eigenvalue weighted by molar-refractivity contribution is 5.55. The van der Waals surface area contributed by atoms with Crippen LogP contribution < -0.4 is 10.5 Å². The Morgan fingerprint density at radius 2 is 1.95 bits per heavy atom. The average Bonchev–Trinajstić information content (AvgIpc) is 2.41. The predicted molar refractivity (Wildman–Crippen MR) is 69.1 cm³/mol. The average molecular weight is 282 g/mol. The summed E-state index contributed by atoms with van der Waals surface area (Å²) >= 11 is 0. The second-order valence-corrected chi connectivity index (χ2v) is 4.27. The normalized spacial score (nSPS) is 13.0. The van der Waals surface area contributed by atoms with E-state index in [9.17, 15) is 13.2 Å². The van der Waals surface area contributed by atoms with Crippen LogP contribution in [0.15, 0.2) is 42.6 Å². The van der Waals surface area contributed by atoms with Crippen molar-refractivity contribution in [3.63, 3.8) is 0 Å². The molecule has 2 rings (SSSR count). The second kappa shape index (κ2) is 5.40. The van der Waals surface area contributed by atoms with Gasteiger partial charge in [0, 0.05) is 6.20 Å². The Bertz CT molecular complexity index is 585. The number of pyridine rings is 1. The number of nitrogens with zero attached hydrogens (tertiary/aromatic N) is 1. The molecule has 0 bridgehead atoms. The standard InChI is InChI=1S/C14H13F3N2O/c1-9(12-4-2-3-7-19-12)20-13-6-5-10(8-11(13)18)14(15,16)17/h2-9H,18H2,1H3. The molecular weight excluding hydrogens is 269 g/mol. The van der Waals surface area contributed by atoms with Gasteiger partial charge in [-0.15, -0.1) is 0 Å². The lowest BCUT2D eigenvalue weighted by molar-refractivity contribution is -0.137. The Hall–Kier alpha value is -2.24. The van der Waals surface area contributed by atoms with Crippen LogP contribution in [0, 0.1) is 0 Å². The SMILES string of the molecule is CC(Oc1ccc(C(F)(F)F)cc1N)c1ccccn1. The molecule has 2 N–H and O–H groups in total. The summed E-state index contributed by atoms with van der Waals surface area (Å²) in [5.74, 6) is 0.205. The first-order chi connectivity index (χ1) is 9.38. The Morgan fingerprint density at radius 1 is 1.20 bits per heavy atom. The molecule has 20 heavy (non-hydrogen) atoms. The zero-order valence-electron chi connectivity index (χ0n) is 10.7. The number of benzene rings is 1. The Labute approximate surface area is 114 Å². The van der Waals surface area contributed by atoms with E-state index in [2.05, 4.69) is 4.98 Å². The number of halogens is 3. The predicted octanol–water partition coefficient (Wildman–Crippen LogP) is 3.82. The fraction of sp³-hybridized carbons (Fsp3) is 0.214. The van der Waals surface area contributed by atoms with Crippen LogP contribution in [-0.4, -0.2) is 4.98 Å². The molecule has 1 aromatic carbocycles. The van der Waals surface area contributed by atoms with Crippen molar-refractivity contribution in [2.45, 2.75) is 19.2 Å². The van der Waals surface area contributed by atoms with Gasteiger partial charge in [0.05, 0.1) is 16.9 Å². The van der Waals surface area contributed by atoms with E-state index in [0.717, 1.165) is 12.1 Å². The van der Waals surface area contributed by atoms with Gasteiger partial charge in [0.2, 0.25) is 0 Å². The number of nitrogens with two attached hydrogens (primary N) is 1. The van der Waals surface area contributed by atoms with E-state index in [0.29, 0.717) is 5.69 Å². The minimum absolute atomic E-state index is 0.0531. The lowest BCUT2D eigenvalue weighted by atomic mass is 10.2. The van der Waals surface area contributed by atoms with Crippen molar-refractivity contribution < 1.29 is 17.9 Å². The summed E-state index contributed by atoms with van der Waals surface area (Å²) in [6.45, 7) is 1.75. The van der Waals surface area contributed by atoms with Crippen LogP contribution in [-0.2, 0) is 6.18 Å². The zero-order valence-corrected chi connectivity index (χ0v) is 10.7. The van der Waals surface area contributed by atoms with Gasteiger partial charge in [0.1, 0.15) is 11.9 Å². The Morgan fingerprint density at radius 3 is 2.50 bits per heavy atom. The Balaban J connectivity index is 2.18. The number of alkyl halides is 3. The summed E-state index contributed by atoms with van der Waals surface area (Å²) in [6, 6.07) is 8.36. The van der Waals surface area contributed by atoms with E-state index in [1.165, 1.54) is 6.07 Å². The van der Waals surface area contributed by atoms with Gasteiger partial charge >= 0.3 is 6.18 Å². The Kier molecular flexibility index (Phi) is 3.83. The molecular formula is C14H13F3N2O. The van der Waals surface area contributed by atoms with Gasteiger partial charge < -0.3 is 10.5 Å². The van der Waals surface area contributed by atoms with Crippen LogP contribution >= 0.6 is 0 Å². The summed E-state index contributed by atoms with van der Waals surface area (Å²) in [7, 11) is 0. The van der Waals surface area contributed by atoms with Crippen molar-refractivity contribution in [1.82, 2.24) is 4.98 Å². The van der Waals surface area contributed by atoms with Crippen molar-refractivity contribution in [3.8, 4) is 5.75 Å². The van der Waals surface area contributed by atoms with Crippen LogP contribution in [0.3, 0.4) is 0 Å². The van der Waals surface area contributed by atoms with E-state index in [-0.39, 0.29) is 11.4 Å². The van der Waals surface area contributed by atoms with Crippen LogP contribution in [0.2, 0.25) is 0 Å². The maximum Gasteiger partial charge on any atom is 0.416 e. The highest BCUT2D eigenvalue weighted by Gasteiger charge is 2.31. The minimum Gasteiger partial charge on any atom is -0.482 e. The van der Waals surface area contributed by atoms with E-state index < -0.39 is 17.8 Å². The maximum atomic E-state index is 12.5. The largest absolute Gasteiger partial charge is 0.482 e. The molecule has 0 aliphatic heterocycles. The number of rotatable bonds is 3. The van der Waals surface area contributed by atoms with Crippen molar-refractivity contribution >= 4 is 5.69 Å². The van der Waals surface area contributed by atoms with Crippen molar-refractivity contribution in [2.75, 3.05) is 5.73 Å². The first-order valence-electron chi connectivity index (χ1n) is 5.92. The molecule has 3 nitrogen and oxygen atoms in total. The smallest absolute Gasteiger partial charge is 0.416 e. The van der Waals surface area contributed by atoms with Gasteiger partial charge in [-0.1, -0.05) is 6.07 Å².